The Morgan fingerprint density at radius 1 is 0.970 bits per heavy atom. The van der Waals surface area contributed by atoms with Crippen molar-refractivity contribution in [1.29, 1.82) is 0 Å². The van der Waals surface area contributed by atoms with Gasteiger partial charge in [-0.2, -0.15) is 0 Å². The lowest BCUT2D eigenvalue weighted by Gasteiger charge is -2.32. The van der Waals surface area contributed by atoms with Crippen molar-refractivity contribution >= 4 is 38.6 Å². The number of hydrogen-bond acceptors (Lipinski definition) is 4. The van der Waals surface area contributed by atoms with Gasteiger partial charge in [0.05, 0.1) is 10.6 Å². The van der Waals surface area contributed by atoms with E-state index in [-0.39, 0.29) is 10.8 Å². The summed E-state index contributed by atoms with van der Waals surface area (Å²) in [5, 5.41) is 0. The minimum absolute atomic E-state index is 0.0351. The molecule has 33 heavy (non-hydrogen) atoms. The predicted molar refractivity (Wildman–Crippen MR) is 133 cm³/mol. The van der Waals surface area contributed by atoms with Gasteiger partial charge in [-0.05, 0) is 86.9 Å². The average Bonchev–Trinajstić information content (AvgIpc) is 3.41. The highest BCUT2D eigenvalue weighted by atomic mass is 32.2. The van der Waals surface area contributed by atoms with Crippen LogP contribution in [-0.4, -0.2) is 34.5 Å². The molecule has 1 N–H and O–H groups in total. The van der Waals surface area contributed by atoms with Crippen molar-refractivity contribution in [3.63, 3.8) is 0 Å². The van der Waals surface area contributed by atoms with Crippen LogP contribution in [0.1, 0.15) is 51.0 Å². The van der Waals surface area contributed by atoms with Crippen molar-refractivity contribution in [1.82, 2.24) is 0 Å². The second-order valence-electron chi connectivity index (χ2n) is 9.55. The number of nitrogens with zero attached hydrogens (tertiary/aromatic N) is 2. The van der Waals surface area contributed by atoms with E-state index < -0.39 is 10.0 Å². The molecule has 0 aromatic heterocycles. The van der Waals surface area contributed by atoms with Crippen LogP contribution in [0.15, 0.2) is 52.9 Å². The molecule has 0 atom stereocenters. The molecule has 6 nitrogen and oxygen atoms in total. The van der Waals surface area contributed by atoms with Gasteiger partial charge in [-0.15, -0.1) is 0 Å². The third-order valence-corrected chi connectivity index (χ3v) is 8.64. The number of anilines is 3. The number of nitrogens with one attached hydrogen (secondary N) is 1. The number of benzene rings is 2. The molecule has 1 saturated carbocycles. The normalized spacial score (nSPS) is 19.4. The summed E-state index contributed by atoms with van der Waals surface area (Å²) in [5.74, 6) is 0.728. The Morgan fingerprint density at radius 3 is 2.30 bits per heavy atom. The van der Waals surface area contributed by atoms with E-state index in [4.69, 9.17) is 0 Å². The molecular formula is C26H31N3O3S. The molecule has 2 fully saturated rings. The second-order valence-corrected chi connectivity index (χ2v) is 11.2. The zero-order valence-electron chi connectivity index (χ0n) is 19.3. The quantitative estimate of drug-likeness (QED) is 0.643. The zero-order chi connectivity index (χ0) is 23.2. The fourth-order valence-electron chi connectivity index (χ4n) is 5.18. The van der Waals surface area contributed by atoms with Crippen LogP contribution in [-0.2, 0) is 14.8 Å². The van der Waals surface area contributed by atoms with Crippen molar-refractivity contribution in [2.75, 3.05) is 34.7 Å². The van der Waals surface area contributed by atoms with E-state index in [9.17, 15) is 13.2 Å². The maximum Gasteiger partial charge on any atom is 0.261 e. The summed E-state index contributed by atoms with van der Waals surface area (Å²) in [5.41, 5.74) is 5.01. The van der Waals surface area contributed by atoms with Gasteiger partial charge in [-0.25, -0.2) is 8.42 Å². The molecule has 1 aliphatic carbocycles. The molecule has 0 radical (unpaired) electrons. The summed E-state index contributed by atoms with van der Waals surface area (Å²) in [7, 11) is -2.03. The molecule has 0 spiro atoms. The highest BCUT2D eigenvalue weighted by Crippen LogP contribution is 2.42. The van der Waals surface area contributed by atoms with Crippen LogP contribution < -0.4 is 14.5 Å². The van der Waals surface area contributed by atoms with Crippen LogP contribution in [0.2, 0.25) is 0 Å². The first-order chi connectivity index (χ1) is 15.8. The minimum Gasteiger partial charge on any atom is -0.372 e. The molecule has 0 bridgehead atoms. The van der Waals surface area contributed by atoms with Crippen molar-refractivity contribution in [2.24, 2.45) is 5.92 Å². The summed E-state index contributed by atoms with van der Waals surface area (Å²) in [4.78, 5) is 17.0. The molecule has 2 aliphatic heterocycles. The van der Waals surface area contributed by atoms with Gasteiger partial charge in [0.1, 0.15) is 0 Å². The monoisotopic (exact) mass is 465 g/mol. The smallest absolute Gasteiger partial charge is 0.261 e. The molecule has 7 heteroatoms. The fourth-order valence-corrected chi connectivity index (χ4v) is 6.27. The van der Waals surface area contributed by atoms with Crippen LogP contribution in [0, 0.1) is 5.92 Å². The second kappa shape index (κ2) is 8.52. The number of allylic oxidation sites excluding steroid dienone is 1. The Kier molecular flexibility index (Phi) is 5.69. The first kappa shape index (κ1) is 22.0. The number of sulfonamides is 1. The molecule has 1 saturated heterocycles. The van der Waals surface area contributed by atoms with Crippen molar-refractivity contribution < 1.29 is 13.2 Å². The molecule has 2 aromatic carbocycles. The lowest BCUT2D eigenvalue weighted by Crippen LogP contribution is -2.32. The maximum absolute atomic E-state index is 13.2. The molecule has 3 aliphatic rings. The number of carbonyl (C=O) groups is 1. The molecule has 1 amide bonds. The zero-order valence-corrected chi connectivity index (χ0v) is 20.1. The predicted octanol–water partition coefficient (Wildman–Crippen LogP) is 5.03. The first-order valence-electron chi connectivity index (χ1n) is 11.9. The van der Waals surface area contributed by atoms with Gasteiger partial charge in [0.2, 0.25) is 0 Å². The van der Waals surface area contributed by atoms with Gasteiger partial charge in [-0.3, -0.25) is 9.52 Å². The Labute approximate surface area is 196 Å². The van der Waals surface area contributed by atoms with E-state index in [0.717, 1.165) is 67.2 Å². The average molecular weight is 466 g/mol. The Bertz CT molecular complexity index is 1200. The first-order valence-corrected chi connectivity index (χ1v) is 13.3. The van der Waals surface area contributed by atoms with Gasteiger partial charge < -0.3 is 9.80 Å². The molecule has 174 valence electrons. The number of amides is 1. The van der Waals surface area contributed by atoms with Crippen molar-refractivity contribution in [3.8, 4) is 0 Å². The maximum atomic E-state index is 13.2. The highest BCUT2D eigenvalue weighted by Gasteiger charge is 2.34. The largest absolute Gasteiger partial charge is 0.372 e. The highest BCUT2D eigenvalue weighted by molar-refractivity contribution is 7.92. The summed E-state index contributed by atoms with van der Waals surface area (Å²) < 4.78 is 29.1. The van der Waals surface area contributed by atoms with Crippen molar-refractivity contribution in [2.45, 2.75) is 50.3 Å². The third-order valence-electron chi connectivity index (χ3n) is 7.26. The summed E-state index contributed by atoms with van der Waals surface area (Å²) >= 11 is 0. The summed E-state index contributed by atoms with van der Waals surface area (Å²) in [6, 6.07) is 12.6. The topological polar surface area (TPSA) is 69.7 Å². The SMILES string of the molecule is CC1CCN(c2ccc(NS(=O)(=O)c3ccc4c(c3)C(=C3CCCC3)C(=O)N4C)cc2)CC1. The van der Waals surface area contributed by atoms with Gasteiger partial charge in [0.25, 0.3) is 15.9 Å². The molecule has 5 rings (SSSR count). The third kappa shape index (κ3) is 4.14. The van der Waals surface area contributed by atoms with E-state index >= 15 is 0 Å². The van der Waals surface area contributed by atoms with Gasteiger partial charge in [0, 0.05) is 42.6 Å². The van der Waals surface area contributed by atoms with Gasteiger partial charge in [-0.1, -0.05) is 12.5 Å². The van der Waals surface area contributed by atoms with Crippen LogP contribution in [0.5, 0.6) is 0 Å². The lowest BCUT2D eigenvalue weighted by atomic mass is 9.99. The standard InChI is InChI=1S/C26H31N3O3S/c1-18-13-15-29(16-14-18)21-9-7-20(8-10-21)27-33(31,32)22-11-12-24-23(17-22)25(26(30)28(24)2)19-5-3-4-6-19/h7-12,17-18,27H,3-6,13-16H2,1-2H3. The summed E-state index contributed by atoms with van der Waals surface area (Å²) in [6.07, 6.45) is 6.34. The molecule has 2 heterocycles. The molecular weight excluding hydrogens is 434 g/mol. The number of carbonyl (C=O) groups excluding carboxylic acids is 1. The number of fused-ring (bicyclic) bond motifs is 1. The Balaban J connectivity index is 1.39. The number of likely N-dealkylation sites (N-methyl/N-ethyl adjacent to an activating group) is 1. The number of piperidine rings is 1. The Hall–Kier alpha value is -2.80. The minimum atomic E-state index is -3.78. The number of hydrogen-bond donors (Lipinski definition) is 1. The van der Waals surface area contributed by atoms with E-state index in [0.29, 0.717) is 11.3 Å². The van der Waals surface area contributed by atoms with E-state index in [1.165, 1.54) is 12.8 Å². The van der Waals surface area contributed by atoms with Crippen LogP contribution >= 0.6 is 0 Å². The van der Waals surface area contributed by atoms with Crippen LogP contribution in [0.3, 0.4) is 0 Å². The van der Waals surface area contributed by atoms with Crippen LogP contribution in [0.4, 0.5) is 17.1 Å². The van der Waals surface area contributed by atoms with E-state index in [1.807, 2.05) is 24.3 Å². The number of rotatable bonds is 4. The van der Waals surface area contributed by atoms with Gasteiger partial charge >= 0.3 is 0 Å². The van der Waals surface area contributed by atoms with E-state index in [1.54, 1.807) is 30.1 Å². The summed E-state index contributed by atoms with van der Waals surface area (Å²) in [6.45, 7) is 4.36. The lowest BCUT2D eigenvalue weighted by molar-refractivity contribution is -0.112. The fraction of sp³-hybridized carbons (Fsp3) is 0.423. The Morgan fingerprint density at radius 2 is 1.64 bits per heavy atom. The van der Waals surface area contributed by atoms with Crippen molar-refractivity contribution in [3.05, 3.63) is 53.6 Å². The van der Waals surface area contributed by atoms with Gasteiger partial charge in [0.15, 0.2) is 0 Å². The molecule has 0 unspecified atom stereocenters. The van der Waals surface area contributed by atoms with E-state index in [2.05, 4.69) is 16.5 Å². The molecule has 2 aromatic rings. The van der Waals surface area contributed by atoms with Crippen LogP contribution in [0.25, 0.3) is 5.57 Å².